The van der Waals surface area contributed by atoms with Crippen LogP contribution >= 0.6 is 11.6 Å². The summed E-state index contributed by atoms with van der Waals surface area (Å²) in [5, 5.41) is 3.71. The van der Waals surface area contributed by atoms with Gasteiger partial charge in [0.1, 0.15) is 24.3 Å². The van der Waals surface area contributed by atoms with E-state index in [0.29, 0.717) is 12.5 Å². The van der Waals surface area contributed by atoms with Gasteiger partial charge >= 0.3 is 6.03 Å². The van der Waals surface area contributed by atoms with E-state index in [9.17, 15) is 14.0 Å². The summed E-state index contributed by atoms with van der Waals surface area (Å²) in [4.78, 5) is 33.9. The lowest BCUT2D eigenvalue weighted by Gasteiger charge is -2.46. The minimum absolute atomic E-state index is 0.142. The first-order chi connectivity index (χ1) is 15.8. The Morgan fingerprint density at radius 1 is 1.12 bits per heavy atom. The molecule has 0 saturated carbocycles. The molecule has 4 unspecified atom stereocenters. The smallest absolute Gasteiger partial charge is 0.328 e. The fourth-order valence-corrected chi connectivity index (χ4v) is 5.50. The SMILES string of the molecule is Cc1ccccc1N1CC(C)CN2C3C(=O)N(Cc4c(F)cccc4Cl)C(=O)N(C)C3NC12. The molecular weight excluding hydrogens is 445 g/mol. The Bertz CT molecular complexity index is 1090. The number of hydrogen-bond acceptors (Lipinski definition) is 5. The van der Waals surface area contributed by atoms with Gasteiger partial charge in [-0.15, -0.1) is 0 Å². The Morgan fingerprint density at radius 3 is 2.61 bits per heavy atom. The van der Waals surface area contributed by atoms with Gasteiger partial charge in [0.15, 0.2) is 0 Å². The van der Waals surface area contributed by atoms with Crippen LogP contribution in [0.3, 0.4) is 0 Å². The number of carbonyl (C=O) groups is 2. The molecule has 5 rings (SSSR count). The molecule has 3 aliphatic rings. The van der Waals surface area contributed by atoms with Crippen LogP contribution in [0.25, 0.3) is 0 Å². The molecule has 0 bridgehead atoms. The fourth-order valence-electron chi connectivity index (χ4n) is 5.28. The van der Waals surface area contributed by atoms with Crippen molar-refractivity contribution >= 4 is 29.2 Å². The Morgan fingerprint density at radius 2 is 1.88 bits per heavy atom. The van der Waals surface area contributed by atoms with Gasteiger partial charge in [0, 0.05) is 36.4 Å². The van der Waals surface area contributed by atoms with Crippen LogP contribution in [0.4, 0.5) is 14.9 Å². The van der Waals surface area contributed by atoms with Crippen LogP contribution in [0.2, 0.25) is 5.02 Å². The summed E-state index contributed by atoms with van der Waals surface area (Å²) in [7, 11) is 1.68. The Hall–Kier alpha value is -2.68. The summed E-state index contributed by atoms with van der Waals surface area (Å²) >= 11 is 6.19. The lowest BCUT2D eigenvalue weighted by atomic mass is 10.0. The number of hydrogen-bond donors (Lipinski definition) is 1. The van der Waals surface area contributed by atoms with E-state index in [4.69, 9.17) is 11.6 Å². The van der Waals surface area contributed by atoms with Crippen molar-refractivity contribution in [3.8, 4) is 0 Å². The van der Waals surface area contributed by atoms with Crippen molar-refractivity contribution in [2.24, 2.45) is 5.92 Å². The number of imide groups is 1. The number of nitrogens with zero attached hydrogens (tertiary/aromatic N) is 4. The number of aryl methyl sites for hydroxylation is 1. The maximum Gasteiger partial charge on any atom is 0.328 e. The quantitative estimate of drug-likeness (QED) is 0.745. The van der Waals surface area contributed by atoms with Crippen molar-refractivity contribution in [2.75, 3.05) is 25.0 Å². The van der Waals surface area contributed by atoms with Gasteiger partial charge < -0.3 is 9.80 Å². The van der Waals surface area contributed by atoms with Crippen molar-refractivity contribution in [1.29, 1.82) is 0 Å². The highest BCUT2D eigenvalue weighted by Gasteiger charge is 2.56. The second-order valence-corrected chi connectivity index (χ2v) is 9.60. The van der Waals surface area contributed by atoms with E-state index in [0.717, 1.165) is 22.7 Å². The number of likely N-dealkylation sites (N-methyl/N-ethyl adjacent to an activating group) is 1. The van der Waals surface area contributed by atoms with Gasteiger partial charge in [-0.2, -0.15) is 0 Å². The molecule has 7 nitrogen and oxygen atoms in total. The van der Waals surface area contributed by atoms with Crippen molar-refractivity contribution < 1.29 is 14.0 Å². The molecule has 3 heterocycles. The first-order valence-corrected chi connectivity index (χ1v) is 11.5. The second kappa shape index (κ2) is 8.27. The lowest BCUT2D eigenvalue weighted by Crippen LogP contribution is -2.66. The highest BCUT2D eigenvalue weighted by atomic mass is 35.5. The summed E-state index contributed by atoms with van der Waals surface area (Å²) in [5.74, 6) is -0.560. The zero-order valence-corrected chi connectivity index (χ0v) is 19.6. The van der Waals surface area contributed by atoms with Gasteiger partial charge in [-0.05, 0) is 36.6 Å². The van der Waals surface area contributed by atoms with Crippen molar-refractivity contribution in [2.45, 2.75) is 38.9 Å². The standard InChI is InChI=1S/C24H27ClFN5O2/c1-14-11-29(19-10-5-4-7-15(19)2)23-27-21-20(30(23)12-14)22(32)31(24(33)28(21)3)13-16-17(25)8-6-9-18(16)26/h4-10,14,20-21,23,27H,11-13H2,1-3H3. The number of para-hydroxylation sites is 1. The third kappa shape index (κ3) is 3.57. The monoisotopic (exact) mass is 471 g/mol. The number of fused-ring (bicyclic) bond motifs is 3. The predicted octanol–water partition coefficient (Wildman–Crippen LogP) is 3.22. The first-order valence-electron chi connectivity index (χ1n) is 11.1. The summed E-state index contributed by atoms with van der Waals surface area (Å²) < 4.78 is 14.4. The normalized spacial score (nSPS) is 27.7. The predicted molar refractivity (Wildman–Crippen MR) is 124 cm³/mol. The van der Waals surface area contributed by atoms with E-state index in [-0.39, 0.29) is 29.3 Å². The average molecular weight is 472 g/mol. The van der Waals surface area contributed by atoms with Gasteiger partial charge in [0.2, 0.25) is 0 Å². The topological polar surface area (TPSA) is 59.1 Å². The molecule has 33 heavy (non-hydrogen) atoms. The largest absolute Gasteiger partial charge is 0.343 e. The molecular formula is C24H27ClFN5O2. The molecule has 2 aromatic carbocycles. The minimum Gasteiger partial charge on any atom is -0.343 e. The fraction of sp³-hybridized carbons (Fsp3) is 0.417. The molecule has 2 aromatic rings. The number of benzene rings is 2. The van der Waals surface area contributed by atoms with E-state index >= 15 is 0 Å². The molecule has 1 N–H and O–H groups in total. The summed E-state index contributed by atoms with van der Waals surface area (Å²) in [6.45, 7) is 5.57. The summed E-state index contributed by atoms with van der Waals surface area (Å²) in [6.07, 6.45) is -0.701. The third-order valence-corrected chi connectivity index (χ3v) is 7.24. The molecule has 3 saturated heterocycles. The summed E-state index contributed by atoms with van der Waals surface area (Å²) in [6, 6.07) is 11.5. The maximum absolute atomic E-state index is 14.4. The molecule has 174 valence electrons. The number of halogens is 2. The van der Waals surface area contributed by atoms with Crippen LogP contribution < -0.4 is 10.2 Å². The van der Waals surface area contributed by atoms with Crippen molar-refractivity contribution in [1.82, 2.24) is 20.0 Å². The van der Waals surface area contributed by atoms with E-state index in [2.05, 4.69) is 41.1 Å². The zero-order chi connectivity index (χ0) is 23.4. The van der Waals surface area contributed by atoms with Crippen LogP contribution in [0.5, 0.6) is 0 Å². The van der Waals surface area contributed by atoms with Gasteiger partial charge in [-0.1, -0.05) is 42.8 Å². The van der Waals surface area contributed by atoms with Crippen molar-refractivity contribution in [3.05, 3.63) is 64.4 Å². The Balaban J connectivity index is 1.49. The van der Waals surface area contributed by atoms with E-state index in [1.54, 1.807) is 18.0 Å². The third-order valence-electron chi connectivity index (χ3n) is 6.89. The molecule has 3 fully saturated rings. The van der Waals surface area contributed by atoms with Crippen LogP contribution in [-0.2, 0) is 11.3 Å². The van der Waals surface area contributed by atoms with E-state index < -0.39 is 24.1 Å². The molecule has 4 atom stereocenters. The highest BCUT2D eigenvalue weighted by Crippen LogP contribution is 2.36. The maximum atomic E-state index is 14.4. The Kier molecular flexibility index (Phi) is 5.55. The molecule has 0 spiro atoms. The minimum atomic E-state index is -0.572. The second-order valence-electron chi connectivity index (χ2n) is 9.19. The number of carbonyl (C=O) groups excluding carboxylic acids is 2. The molecule has 9 heteroatoms. The highest BCUT2D eigenvalue weighted by molar-refractivity contribution is 6.31. The van der Waals surface area contributed by atoms with Gasteiger partial charge in [0.05, 0.1) is 6.54 Å². The van der Waals surface area contributed by atoms with Gasteiger partial charge in [-0.25, -0.2) is 9.18 Å². The molecule has 3 amide bonds. The molecule has 0 radical (unpaired) electrons. The van der Waals surface area contributed by atoms with Crippen LogP contribution in [0.1, 0.15) is 18.1 Å². The molecule has 0 aromatic heterocycles. The van der Waals surface area contributed by atoms with E-state index in [1.807, 2.05) is 12.1 Å². The molecule has 0 aliphatic carbocycles. The van der Waals surface area contributed by atoms with Crippen molar-refractivity contribution in [3.63, 3.8) is 0 Å². The van der Waals surface area contributed by atoms with Gasteiger partial charge in [0.25, 0.3) is 5.91 Å². The number of amides is 3. The zero-order valence-electron chi connectivity index (χ0n) is 18.8. The first kappa shape index (κ1) is 22.1. The average Bonchev–Trinajstić information content (AvgIpc) is 3.16. The molecule has 3 aliphatic heterocycles. The Labute approximate surface area is 197 Å². The number of urea groups is 1. The number of nitrogens with one attached hydrogen (secondary N) is 1. The number of anilines is 1. The number of rotatable bonds is 3. The lowest BCUT2D eigenvalue weighted by molar-refractivity contribution is -0.139. The van der Waals surface area contributed by atoms with Crippen LogP contribution in [-0.4, -0.2) is 65.3 Å². The van der Waals surface area contributed by atoms with E-state index in [1.165, 1.54) is 12.1 Å². The summed E-state index contributed by atoms with van der Waals surface area (Å²) in [5.41, 5.74) is 2.39. The van der Waals surface area contributed by atoms with Crippen LogP contribution in [0.15, 0.2) is 42.5 Å². The van der Waals surface area contributed by atoms with Crippen LogP contribution in [0, 0.1) is 18.7 Å². The van der Waals surface area contributed by atoms with Gasteiger partial charge in [-0.3, -0.25) is 19.9 Å².